The molecule has 2 saturated carbocycles. The van der Waals surface area contributed by atoms with E-state index in [-0.39, 0.29) is 17.3 Å². The van der Waals surface area contributed by atoms with Gasteiger partial charge in [-0.15, -0.1) is 11.8 Å². The Hall–Kier alpha value is -0.330. The fraction of sp³-hybridized carbons (Fsp3) is 0.933. The van der Waals surface area contributed by atoms with E-state index in [1.165, 1.54) is 0 Å². The van der Waals surface area contributed by atoms with Crippen LogP contribution in [-0.2, 0) is 4.79 Å². The highest BCUT2D eigenvalue weighted by Gasteiger charge is 2.47. The smallest absolute Gasteiger partial charge is 0.227 e. The van der Waals surface area contributed by atoms with E-state index < -0.39 is 6.17 Å². The fourth-order valence-electron chi connectivity index (χ4n) is 4.41. The molecule has 21 heavy (non-hydrogen) atoms. The quantitative estimate of drug-likeness (QED) is 0.718. The molecule has 6 atom stereocenters. The summed E-state index contributed by atoms with van der Waals surface area (Å²) in [6, 6.07) is 0.497. The highest BCUT2D eigenvalue weighted by Crippen LogP contribution is 2.48. The summed E-state index contributed by atoms with van der Waals surface area (Å²) in [5.74, 6) is 1.52. The third kappa shape index (κ3) is 2.70. The Morgan fingerprint density at radius 2 is 2.05 bits per heavy atom. The van der Waals surface area contributed by atoms with Gasteiger partial charge in [0.2, 0.25) is 5.91 Å². The molecule has 0 bridgehead atoms. The average Bonchev–Trinajstić information content (AvgIpc) is 2.78. The summed E-state index contributed by atoms with van der Waals surface area (Å²) in [7, 11) is 0. The highest BCUT2D eigenvalue weighted by molar-refractivity contribution is 8.00. The lowest BCUT2D eigenvalue weighted by Crippen LogP contribution is -2.54. The maximum Gasteiger partial charge on any atom is 0.227 e. The lowest BCUT2D eigenvalue weighted by atomic mass is 9.68. The molecule has 6 heteroatoms. The van der Waals surface area contributed by atoms with Crippen molar-refractivity contribution >= 4 is 17.7 Å². The molecule has 2 aliphatic carbocycles. The first-order valence-corrected chi connectivity index (χ1v) is 9.21. The standard InChI is InChI=1S/C15H24FN3OS/c16-10-2-3-11-8(5-10)1-4-12-13(11)21-15(18-12)19-14(20)9-6-17-7-9/h8-13,15,17-18H,1-7H2,(H,19,20). The molecule has 0 aromatic carbocycles. The van der Waals surface area contributed by atoms with Gasteiger partial charge < -0.3 is 10.6 Å². The molecule has 118 valence electrons. The zero-order chi connectivity index (χ0) is 14.4. The van der Waals surface area contributed by atoms with Gasteiger partial charge in [-0.25, -0.2) is 4.39 Å². The highest BCUT2D eigenvalue weighted by atomic mass is 32.2. The van der Waals surface area contributed by atoms with Gasteiger partial charge in [-0.3, -0.25) is 10.1 Å². The van der Waals surface area contributed by atoms with E-state index in [4.69, 9.17) is 0 Å². The van der Waals surface area contributed by atoms with Gasteiger partial charge in [0.05, 0.1) is 5.92 Å². The SMILES string of the molecule is O=C(NC1NC2CCC3CC(F)CCC3C2S1)C1CNC1. The Balaban J connectivity index is 1.37. The van der Waals surface area contributed by atoms with Crippen molar-refractivity contribution in [3.8, 4) is 0 Å². The monoisotopic (exact) mass is 313 g/mol. The van der Waals surface area contributed by atoms with Crippen LogP contribution < -0.4 is 16.0 Å². The number of fused-ring (bicyclic) bond motifs is 3. The van der Waals surface area contributed by atoms with Crippen molar-refractivity contribution < 1.29 is 9.18 Å². The largest absolute Gasteiger partial charge is 0.331 e. The summed E-state index contributed by atoms with van der Waals surface area (Å²) in [5, 5.41) is 10.4. The van der Waals surface area contributed by atoms with E-state index in [9.17, 15) is 9.18 Å². The molecule has 0 aromatic heterocycles. The zero-order valence-electron chi connectivity index (χ0n) is 12.2. The van der Waals surface area contributed by atoms with Crippen LogP contribution >= 0.6 is 11.8 Å². The van der Waals surface area contributed by atoms with Crippen LogP contribution in [0.25, 0.3) is 0 Å². The third-order valence-electron chi connectivity index (χ3n) is 5.73. The lowest BCUT2D eigenvalue weighted by molar-refractivity contribution is -0.126. The molecule has 4 nitrogen and oxygen atoms in total. The fourth-order valence-corrected chi connectivity index (χ4v) is 6.13. The van der Waals surface area contributed by atoms with Crippen molar-refractivity contribution in [2.75, 3.05) is 13.1 Å². The van der Waals surface area contributed by atoms with Gasteiger partial charge in [0.15, 0.2) is 0 Å². The number of hydrogen-bond acceptors (Lipinski definition) is 4. The van der Waals surface area contributed by atoms with Gasteiger partial charge in [-0.05, 0) is 43.9 Å². The van der Waals surface area contributed by atoms with Crippen LogP contribution in [0, 0.1) is 17.8 Å². The maximum absolute atomic E-state index is 13.6. The van der Waals surface area contributed by atoms with Crippen molar-refractivity contribution in [1.29, 1.82) is 0 Å². The van der Waals surface area contributed by atoms with E-state index >= 15 is 0 Å². The van der Waals surface area contributed by atoms with Crippen molar-refractivity contribution in [2.45, 2.75) is 55.1 Å². The van der Waals surface area contributed by atoms with Crippen LogP contribution in [0.2, 0.25) is 0 Å². The van der Waals surface area contributed by atoms with Crippen LogP contribution in [0.4, 0.5) is 4.39 Å². The molecule has 2 aliphatic heterocycles. The molecule has 0 aromatic rings. The van der Waals surface area contributed by atoms with Gasteiger partial charge in [-0.1, -0.05) is 0 Å². The van der Waals surface area contributed by atoms with Crippen molar-refractivity contribution in [3.05, 3.63) is 0 Å². The van der Waals surface area contributed by atoms with Crippen LogP contribution in [0.3, 0.4) is 0 Å². The number of nitrogens with one attached hydrogen (secondary N) is 3. The summed E-state index contributed by atoms with van der Waals surface area (Å²) in [5.41, 5.74) is 0.0509. The minimum Gasteiger partial charge on any atom is -0.331 e. The molecule has 3 N–H and O–H groups in total. The Kier molecular flexibility index (Phi) is 3.88. The van der Waals surface area contributed by atoms with Crippen LogP contribution in [-0.4, -0.2) is 42.0 Å². The van der Waals surface area contributed by atoms with E-state index in [1.807, 2.05) is 11.8 Å². The number of carbonyl (C=O) groups excluding carboxylic acids is 1. The normalized spacial score (nSPS) is 46.3. The van der Waals surface area contributed by atoms with Crippen molar-refractivity contribution in [3.63, 3.8) is 0 Å². The predicted molar refractivity (Wildman–Crippen MR) is 81.6 cm³/mol. The van der Waals surface area contributed by atoms with Gasteiger partial charge in [0, 0.05) is 24.4 Å². The summed E-state index contributed by atoms with van der Waals surface area (Å²) in [6.45, 7) is 1.61. The maximum atomic E-state index is 13.6. The number of rotatable bonds is 2. The Bertz CT molecular complexity index is 420. The third-order valence-corrected chi connectivity index (χ3v) is 7.25. The van der Waals surface area contributed by atoms with Crippen LogP contribution in [0.5, 0.6) is 0 Å². The van der Waals surface area contributed by atoms with E-state index in [0.717, 1.165) is 45.2 Å². The zero-order valence-corrected chi connectivity index (χ0v) is 13.0. The summed E-state index contributed by atoms with van der Waals surface area (Å²) < 4.78 is 13.6. The van der Waals surface area contributed by atoms with Gasteiger partial charge in [0.25, 0.3) is 0 Å². The molecule has 2 heterocycles. The number of amides is 1. The lowest BCUT2D eigenvalue weighted by Gasteiger charge is -2.42. The molecule has 4 rings (SSSR count). The molecule has 4 aliphatic rings. The number of carbonyl (C=O) groups is 1. The van der Waals surface area contributed by atoms with Crippen LogP contribution in [0.1, 0.15) is 32.1 Å². The van der Waals surface area contributed by atoms with E-state index in [0.29, 0.717) is 23.1 Å². The first-order chi connectivity index (χ1) is 10.2. The average molecular weight is 313 g/mol. The van der Waals surface area contributed by atoms with E-state index in [1.54, 1.807) is 0 Å². The second-order valence-corrected chi connectivity index (χ2v) is 8.32. The molecule has 4 fully saturated rings. The summed E-state index contributed by atoms with van der Waals surface area (Å²) in [6.07, 6.45) is 4.21. The van der Waals surface area contributed by atoms with E-state index in [2.05, 4.69) is 16.0 Å². The first-order valence-electron chi connectivity index (χ1n) is 8.27. The second-order valence-electron chi connectivity index (χ2n) is 7.03. The van der Waals surface area contributed by atoms with Gasteiger partial charge in [0.1, 0.15) is 11.7 Å². The van der Waals surface area contributed by atoms with Crippen molar-refractivity contribution in [2.24, 2.45) is 17.8 Å². The molecular formula is C15H24FN3OS. The number of thioether (sulfide) groups is 1. The van der Waals surface area contributed by atoms with Crippen molar-refractivity contribution in [1.82, 2.24) is 16.0 Å². The summed E-state index contributed by atoms with van der Waals surface area (Å²) >= 11 is 1.88. The molecule has 0 radical (unpaired) electrons. The Labute approximate surface area is 129 Å². The minimum atomic E-state index is -0.580. The Morgan fingerprint density at radius 3 is 2.81 bits per heavy atom. The number of alkyl halides is 1. The van der Waals surface area contributed by atoms with Gasteiger partial charge in [-0.2, -0.15) is 0 Å². The predicted octanol–water partition coefficient (Wildman–Crippen LogP) is 1.23. The van der Waals surface area contributed by atoms with Gasteiger partial charge >= 0.3 is 0 Å². The second kappa shape index (κ2) is 5.70. The molecule has 6 unspecified atom stereocenters. The number of halogens is 1. The van der Waals surface area contributed by atoms with Crippen LogP contribution in [0.15, 0.2) is 0 Å². The molecule has 0 spiro atoms. The molecule has 1 amide bonds. The summed E-state index contributed by atoms with van der Waals surface area (Å²) in [4.78, 5) is 12.1. The Morgan fingerprint density at radius 1 is 1.19 bits per heavy atom. The first kappa shape index (κ1) is 14.3. The molecule has 2 saturated heterocycles. The molecular weight excluding hydrogens is 289 g/mol. The number of hydrogen-bond donors (Lipinski definition) is 3. The minimum absolute atomic E-state index is 0.0509. The topological polar surface area (TPSA) is 53.2 Å².